The average Bonchev–Trinajstić information content (AvgIpc) is 2.70. The predicted molar refractivity (Wildman–Crippen MR) is 65.8 cm³/mol. The van der Waals surface area contributed by atoms with E-state index in [0.29, 0.717) is 10.6 Å². The summed E-state index contributed by atoms with van der Waals surface area (Å²) in [7, 11) is 0. The van der Waals surface area contributed by atoms with E-state index in [1.54, 1.807) is 12.1 Å². The van der Waals surface area contributed by atoms with Gasteiger partial charge in [-0.1, -0.05) is 12.1 Å². The van der Waals surface area contributed by atoms with Gasteiger partial charge in [-0.2, -0.15) is 0 Å². The molecule has 2 rings (SSSR count). The first-order valence-electron chi connectivity index (χ1n) is 5.92. The van der Waals surface area contributed by atoms with Crippen molar-refractivity contribution in [3.05, 3.63) is 35.4 Å². The zero-order chi connectivity index (χ0) is 14.7. The number of hydrogen-bond acceptors (Lipinski definition) is 5. The second-order valence-electron chi connectivity index (χ2n) is 4.30. The number of benzene rings is 1. The van der Waals surface area contributed by atoms with Crippen LogP contribution in [0.15, 0.2) is 24.3 Å². The van der Waals surface area contributed by atoms with Crippen molar-refractivity contribution in [1.82, 2.24) is 5.06 Å². The third-order valence-corrected chi connectivity index (χ3v) is 2.75. The van der Waals surface area contributed by atoms with Gasteiger partial charge in [0.05, 0.1) is 12.0 Å². The molecule has 0 unspecified atom stereocenters. The van der Waals surface area contributed by atoms with E-state index in [9.17, 15) is 19.2 Å². The zero-order valence-electron chi connectivity index (χ0n) is 10.5. The molecule has 20 heavy (non-hydrogen) atoms. The lowest BCUT2D eigenvalue weighted by Gasteiger charge is -2.12. The number of nitrogens with zero attached hydrogens (tertiary/aromatic N) is 1. The topological polar surface area (TPSA) is 107 Å². The average molecular weight is 276 g/mol. The second-order valence-corrected chi connectivity index (χ2v) is 4.30. The molecule has 1 aliphatic heterocycles. The van der Waals surface area contributed by atoms with Gasteiger partial charge in [0.2, 0.25) is 5.91 Å². The summed E-state index contributed by atoms with van der Waals surface area (Å²) in [6.07, 6.45) is 0.158. The van der Waals surface area contributed by atoms with Crippen LogP contribution in [-0.4, -0.2) is 28.8 Å². The summed E-state index contributed by atoms with van der Waals surface area (Å²) >= 11 is 0. The number of nitrogens with two attached hydrogens (primary N) is 1. The fourth-order valence-electron chi connectivity index (χ4n) is 1.75. The maximum Gasteiger partial charge on any atom is 0.363 e. The van der Waals surface area contributed by atoms with Gasteiger partial charge in [-0.05, 0) is 17.7 Å². The summed E-state index contributed by atoms with van der Waals surface area (Å²) in [5.74, 6) is -2.35. The summed E-state index contributed by atoms with van der Waals surface area (Å²) < 4.78 is 0. The Labute approximate surface area is 114 Å². The molecule has 0 atom stereocenters. The van der Waals surface area contributed by atoms with E-state index in [-0.39, 0.29) is 24.8 Å². The first kappa shape index (κ1) is 13.7. The molecule has 0 saturated carbocycles. The van der Waals surface area contributed by atoms with Gasteiger partial charge in [-0.25, -0.2) is 4.79 Å². The minimum absolute atomic E-state index is 0.0453. The van der Waals surface area contributed by atoms with Gasteiger partial charge >= 0.3 is 5.97 Å². The standard InChI is InChI=1S/C13H12N2O5/c14-10(16)7-8-1-3-9(4-2-8)13(19)20-15-11(17)5-6-12(15)18/h1-4H,5-7H2,(H2,14,16). The van der Waals surface area contributed by atoms with Crippen molar-refractivity contribution in [2.45, 2.75) is 19.3 Å². The molecule has 1 saturated heterocycles. The van der Waals surface area contributed by atoms with Crippen LogP contribution < -0.4 is 5.73 Å². The smallest absolute Gasteiger partial charge is 0.363 e. The first-order valence-corrected chi connectivity index (χ1v) is 5.92. The van der Waals surface area contributed by atoms with Crippen LogP contribution in [0.4, 0.5) is 0 Å². The molecule has 1 heterocycles. The van der Waals surface area contributed by atoms with E-state index in [1.807, 2.05) is 0 Å². The van der Waals surface area contributed by atoms with E-state index in [1.165, 1.54) is 12.1 Å². The Balaban J connectivity index is 2.04. The highest BCUT2D eigenvalue weighted by atomic mass is 16.7. The number of carbonyl (C=O) groups is 4. The van der Waals surface area contributed by atoms with E-state index < -0.39 is 23.7 Å². The molecule has 0 bridgehead atoms. The normalized spacial score (nSPS) is 14.5. The van der Waals surface area contributed by atoms with Crippen LogP contribution in [0, 0.1) is 0 Å². The highest BCUT2D eigenvalue weighted by Gasteiger charge is 2.33. The van der Waals surface area contributed by atoms with Gasteiger partial charge in [0, 0.05) is 12.8 Å². The quantitative estimate of drug-likeness (QED) is 0.775. The van der Waals surface area contributed by atoms with Crippen LogP contribution >= 0.6 is 0 Å². The summed E-state index contributed by atoms with van der Waals surface area (Å²) in [4.78, 5) is 49.9. The number of hydroxylamine groups is 2. The number of amides is 3. The number of carbonyl (C=O) groups excluding carboxylic acids is 4. The predicted octanol–water partition coefficient (Wildman–Crippen LogP) is -0.0648. The lowest BCUT2D eigenvalue weighted by molar-refractivity contribution is -0.172. The number of hydrogen-bond donors (Lipinski definition) is 1. The Morgan fingerprint density at radius 2 is 1.65 bits per heavy atom. The molecule has 1 aromatic carbocycles. The molecule has 1 fully saturated rings. The Hall–Kier alpha value is -2.70. The molecule has 3 amide bonds. The van der Waals surface area contributed by atoms with Crippen molar-refractivity contribution in [3.63, 3.8) is 0 Å². The summed E-state index contributed by atoms with van der Waals surface area (Å²) in [6, 6.07) is 5.97. The van der Waals surface area contributed by atoms with Crippen LogP contribution in [0.2, 0.25) is 0 Å². The molecule has 0 aromatic heterocycles. The lowest BCUT2D eigenvalue weighted by atomic mass is 10.1. The molecule has 1 aromatic rings. The molecule has 104 valence electrons. The summed E-state index contributed by atoms with van der Waals surface area (Å²) in [6.45, 7) is 0. The maximum atomic E-state index is 11.8. The third-order valence-electron chi connectivity index (χ3n) is 2.75. The van der Waals surface area contributed by atoms with Gasteiger partial charge < -0.3 is 10.6 Å². The molecule has 0 radical (unpaired) electrons. The van der Waals surface area contributed by atoms with E-state index >= 15 is 0 Å². The fraction of sp³-hybridized carbons (Fsp3) is 0.231. The van der Waals surface area contributed by atoms with Crippen molar-refractivity contribution < 1.29 is 24.0 Å². The van der Waals surface area contributed by atoms with Crippen LogP contribution in [0.25, 0.3) is 0 Å². The van der Waals surface area contributed by atoms with Crippen molar-refractivity contribution >= 4 is 23.7 Å². The van der Waals surface area contributed by atoms with E-state index in [2.05, 4.69) is 0 Å². The molecular weight excluding hydrogens is 264 g/mol. The monoisotopic (exact) mass is 276 g/mol. The lowest BCUT2D eigenvalue weighted by Crippen LogP contribution is -2.32. The van der Waals surface area contributed by atoms with Crippen molar-refractivity contribution in [1.29, 1.82) is 0 Å². The van der Waals surface area contributed by atoms with E-state index in [4.69, 9.17) is 10.6 Å². The second kappa shape index (κ2) is 5.52. The Morgan fingerprint density at radius 1 is 1.10 bits per heavy atom. The number of primary amides is 1. The molecule has 0 aliphatic carbocycles. The minimum Gasteiger partial charge on any atom is -0.369 e. The Bertz CT molecular complexity index is 563. The van der Waals surface area contributed by atoms with Crippen LogP contribution in [-0.2, 0) is 25.6 Å². The number of rotatable bonds is 4. The van der Waals surface area contributed by atoms with Gasteiger partial charge in [0.25, 0.3) is 11.8 Å². The molecule has 2 N–H and O–H groups in total. The first-order chi connectivity index (χ1) is 9.47. The molecule has 1 aliphatic rings. The minimum atomic E-state index is -0.806. The zero-order valence-corrected chi connectivity index (χ0v) is 10.5. The van der Waals surface area contributed by atoms with E-state index in [0.717, 1.165) is 0 Å². The van der Waals surface area contributed by atoms with Crippen molar-refractivity contribution in [2.75, 3.05) is 0 Å². The van der Waals surface area contributed by atoms with Gasteiger partial charge in [0.1, 0.15) is 0 Å². The fourth-order valence-corrected chi connectivity index (χ4v) is 1.75. The largest absolute Gasteiger partial charge is 0.369 e. The van der Waals surface area contributed by atoms with Gasteiger partial charge in [-0.3, -0.25) is 14.4 Å². The maximum absolute atomic E-state index is 11.8. The SMILES string of the molecule is NC(=O)Cc1ccc(C(=O)ON2C(=O)CCC2=O)cc1. The number of imide groups is 1. The third kappa shape index (κ3) is 3.00. The highest BCUT2D eigenvalue weighted by Crippen LogP contribution is 2.14. The summed E-state index contributed by atoms with van der Waals surface area (Å²) in [5.41, 5.74) is 5.88. The van der Waals surface area contributed by atoms with Crippen LogP contribution in [0.3, 0.4) is 0 Å². The molecular formula is C13H12N2O5. The molecule has 0 spiro atoms. The summed E-state index contributed by atoms with van der Waals surface area (Å²) in [5, 5.41) is 0.486. The van der Waals surface area contributed by atoms with Crippen LogP contribution in [0.1, 0.15) is 28.8 Å². The van der Waals surface area contributed by atoms with Crippen molar-refractivity contribution in [3.8, 4) is 0 Å². The van der Waals surface area contributed by atoms with Crippen molar-refractivity contribution in [2.24, 2.45) is 5.73 Å². The molecule has 7 nitrogen and oxygen atoms in total. The van der Waals surface area contributed by atoms with Gasteiger partial charge in [0.15, 0.2) is 0 Å². The highest BCUT2D eigenvalue weighted by molar-refractivity contribution is 6.02. The molecule has 7 heteroatoms. The Kier molecular flexibility index (Phi) is 3.79. The Morgan fingerprint density at radius 3 is 2.15 bits per heavy atom. The van der Waals surface area contributed by atoms with Crippen LogP contribution in [0.5, 0.6) is 0 Å². The van der Waals surface area contributed by atoms with Gasteiger partial charge in [-0.15, -0.1) is 5.06 Å².